The van der Waals surface area contributed by atoms with Gasteiger partial charge in [-0.15, -0.1) is 0 Å². The summed E-state index contributed by atoms with van der Waals surface area (Å²) < 4.78 is 0. The number of carbonyl (C=O) groups is 1. The van der Waals surface area contributed by atoms with Crippen molar-refractivity contribution in [2.45, 2.75) is 32.6 Å². The molecule has 0 radical (unpaired) electrons. The summed E-state index contributed by atoms with van der Waals surface area (Å²) in [5.41, 5.74) is 7.96. The highest BCUT2D eigenvalue weighted by molar-refractivity contribution is 5.95. The number of hydrogen-bond donors (Lipinski definition) is 3. The van der Waals surface area contributed by atoms with Crippen molar-refractivity contribution in [3.05, 3.63) is 23.3 Å². The molecule has 1 saturated carbocycles. The van der Waals surface area contributed by atoms with Gasteiger partial charge >= 0.3 is 5.97 Å². The summed E-state index contributed by atoms with van der Waals surface area (Å²) in [4.78, 5) is 11.1. The fraction of sp³-hybridized carbons (Fsp3) is 0.500. The summed E-state index contributed by atoms with van der Waals surface area (Å²) in [6.07, 6.45) is 5.17. The predicted molar refractivity (Wildman–Crippen MR) is 73.0 cm³/mol. The zero-order valence-corrected chi connectivity index (χ0v) is 10.7. The van der Waals surface area contributed by atoms with Gasteiger partial charge in [-0.25, -0.2) is 4.79 Å². The molecule has 0 saturated heterocycles. The molecule has 0 unspecified atom stereocenters. The van der Waals surface area contributed by atoms with Gasteiger partial charge in [0.25, 0.3) is 0 Å². The minimum atomic E-state index is -0.972. The molecule has 0 spiro atoms. The average Bonchev–Trinajstić information content (AvgIpc) is 2.83. The Morgan fingerprint density at radius 3 is 2.72 bits per heavy atom. The van der Waals surface area contributed by atoms with E-state index in [0.717, 1.165) is 23.7 Å². The van der Waals surface area contributed by atoms with Gasteiger partial charge in [0.05, 0.1) is 5.56 Å². The van der Waals surface area contributed by atoms with Crippen LogP contribution in [0, 0.1) is 12.8 Å². The Bertz CT molecular complexity index is 451. The molecule has 0 aliphatic heterocycles. The maximum Gasteiger partial charge on any atom is 0.337 e. The molecular formula is C14H20N2O2. The van der Waals surface area contributed by atoms with Crippen LogP contribution < -0.4 is 11.1 Å². The number of benzene rings is 1. The number of carboxylic acid groups (broad SMARTS) is 1. The molecular weight excluding hydrogens is 228 g/mol. The van der Waals surface area contributed by atoms with Crippen LogP contribution in [0.1, 0.15) is 41.6 Å². The van der Waals surface area contributed by atoms with E-state index in [1.807, 2.05) is 13.0 Å². The number of nitrogens with two attached hydrogens (primary N) is 1. The molecule has 18 heavy (non-hydrogen) atoms. The van der Waals surface area contributed by atoms with Crippen LogP contribution in [-0.2, 0) is 0 Å². The van der Waals surface area contributed by atoms with Gasteiger partial charge in [0.1, 0.15) is 0 Å². The predicted octanol–water partition coefficient (Wildman–Crippen LogP) is 2.88. The van der Waals surface area contributed by atoms with Crippen molar-refractivity contribution in [3.8, 4) is 0 Å². The molecule has 0 bridgehead atoms. The van der Waals surface area contributed by atoms with E-state index < -0.39 is 5.97 Å². The van der Waals surface area contributed by atoms with Crippen molar-refractivity contribution in [2.24, 2.45) is 5.92 Å². The van der Waals surface area contributed by atoms with Gasteiger partial charge in [-0.05, 0) is 43.4 Å². The van der Waals surface area contributed by atoms with Gasteiger partial charge in [-0.2, -0.15) is 0 Å². The monoisotopic (exact) mass is 248 g/mol. The van der Waals surface area contributed by atoms with Crippen molar-refractivity contribution < 1.29 is 9.90 Å². The van der Waals surface area contributed by atoms with Crippen molar-refractivity contribution in [2.75, 3.05) is 17.6 Å². The number of rotatable bonds is 4. The minimum Gasteiger partial charge on any atom is -0.478 e. The molecule has 98 valence electrons. The lowest BCUT2D eigenvalue weighted by Gasteiger charge is -2.14. The number of anilines is 2. The first-order chi connectivity index (χ1) is 8.58. The Kier molecular flexibility index (Phi) is 3.75. The van der Waals surface area contributed by atoms with Crippen LogP contribution in [0.2, 0.25) is 0 Å². The zero-order valence-electron chi connectivity index (χ0n) is 10.7. The van der Waals surface area contributed by atoms with Crippen LogP contribution >= 0.6 is 0 Å². The third-order valence-corrected chi connectivity index (χ3v) is 3.69. The molecule has 2 rings (SSSR count). The average molecular weight is 248 g/mol. The summed E-state index contributed by atoms with van der Waals surface area (Å²) >= 11 is 0. The maximum atomic E-state index is 11.1. The van der Waals surface area contributed by atoms with Crippen molar-refractivity contribution in [1.82, 2.24) is 0 Å². The molecule has 4 heteroatoms. The van der Waals surface area contributed by atoms with E-state index in [-0.39, 0.29) is 5.56 Å². The molecule has 0 amide bonds. The molecule has 1 fully saturated rings. The number of nitrogens with one attached hydrogen (secondary N) is 1. The second-order valence-corrected chi connectivity index (χ2v) is 5.09. The van der Waals surface area contributed by atoms with E-state index >= 15 is 0 Å². The van der Waals surface area contributed by atoms with Crippen LogP contribution in [0.4, 0.5) is 11.4 Å². The Morgan fingerprint density at radius 1 is 1.44 bits per heavy atom. The van der Waals surface area contributed by atoms with Crippen molar-refractivity contribution in [1.29, 1.82) is 0 Å². The number of carboxylic acids is 1. The molecule has 4 nitrogen and oxygen atoms in total. The number of aromatic carboxylic acids is 1. The molecule has 4 N–H and O–H groups in total. The largest absolute Gasteiger partial charge is 0.478 e. The van der Waals surface area contributed by atoms with E-state index in [1.165, 1.54) is 25.7 Å². The minimum absolute atomic E-state index is 0.184. The van der Waals surface area contributed by atoms with E-state index in [0.29, 0.717) is 5.69 Å². The van der Waals surface area contributed by atoms with Gasteiger partial charge < -0.3 is 16.2 Å². The first kappa shape index (κ1) is 12.7. The van der Waals surface area contributed by atoms with Crippen molar-refractivity contribution >= 4 is 17.3 Å². The van der Waals surface area contributed by atoms with Crippen LogP contribution in [0.15, 0.2) is 12.1 Å². The second kappa shape index (κ2) is 5.29. The van der Waals surface area contributed by atoms with Gasteiger partial charge in [0.15, 0.2) is 0 Å². The highest BCUT2D eigenvalue weighted by atomic mass is 16.4. The normalized spacial score (nSPS) is 15.8. The first-order valence-electron chi connectivity index (χ1n) is 6.45. The summed E-state index contributed by atoms with van der Waals surface area (Å²) in [6, 6.07) is 3.54. The molecule has 1 aromatic carbocycles. The third kappa shape index (κ3) is 2.75. The fourth-order valence-electron chi connectivity index (χ4n) is 2.55. The van der Waals surface area contributed by atoms with Crippen LogP contribution in [-0.4, -0.2) is 17.6 Å². The van der Waals surface area contributed by atoms with Crippen molar-refractivity contribution in [3.63, 3.8) is 0 Å². The quantitative estimate of drug-likeness (QED) is 0.716. The Labute approximate surface area is 107 Å². The van der Waals surface area contributed by atoms with E-state index in [4.69, 9.17) is 10.8 Å². The van der Waals surface area contributed by atoms with E-state index in [2.05, 4.69) is 5.32 Å². The van der Waals surface area contributed by atoms with Crippen LogP contribution in [0.3, 0.4) is 0 Å². The third-order valence-electron chi connectivity index (χ3n) is 3.69. The van der Waals surface area contributed by atoms with Gasteiger partial charge in [0, 0.05) is 17.9 Å². The number of aryl methyl sites for hydroxylation is 1. The number of nitrogen functional groups attached to an aromatic ring is 1. The van der Waals surface area contributed by atoms with Crippen LogP contribution in [0.5, 0.6) is 0 Å². The summed E-state index contributed by atoms with van der Waals surface area (Å²) in [5.74, 6) is -0.253. The molecule has 0 atom stereocenters. The van der Waals surface area contributed by atoms with E-state index in [1.54, 1.807) is 6.07 Å². The lowest BCUT2D eigenvalue weighted by atomic mass is 10.1. The molecule has 0 aromatic heterocycles. The Morgan fingerprint density at radius 2 is 2.11 bits per heavy atom. The number of hydrogen-bond acceptors (Lipinski definition) is 3. The van der Waals surface area contributed by atoms with Gasteiger partial charge in [0.2, 0.25) is 0 Å². The molecule has 0 heterocycles. The lowest BCUT2D eigenvalue weighted by Crippen LogP contribution is -2.12. The van der Waals surface area contributed by atoms with Gasteiger partial charge in [-0.3, -0.25) is 0 Å². The molecule has 1 aliphatic carbocycles. The lowest BCUT2D eigenvalue weighted by molar-refractivity contribution is 0.0698. The summed E-state index contributed by atoms with van der Waals surface area (Å²) in [5, 5.41) is 12.4. The first-order valence-corrected chi connectivity index (χ1v) is 6.45. The highest BCUT2D eigenvalue weighted by Crippen LogP contribution is 2.27. The molecule has 1 aromatic rings. The summed E-state index contributed by atoms with van der Waals surface area (Å²) in [6.45, 7) is 2.75. The Hall–Kier alpha value is -1.71. The smallest absolute Gasteiger partial charge is 0.337 e. The topological polar surface area (TPSA) is 75.3 Å². The maximum absolute atomic E-state index is 11.1. The van der Waals surface area contributed by atoms with Crippen LogP contribution in [0.25, 0.3) is 0 Å². The SMILES string of the molecule is Cc1cc(NCC2CCCC2)cc(C(=O)O)c1N. The second-order valence-electron chi connectivity index (χ2n) is 5.09. The summed E-state index contributed by atoms with van der Waals surface area (Å²) in [7, 11) is 0. The molecule has 1 aliphatic rings. The highest BCUT2D eigenvalue weighted by Gasteiger charge is 2.16. The zero-order chi connectivity index (χ0) is 13.1. The Balaban J connectivity index is 2.10. The fourth-order valence-corrected chi connectivity index (χ4v) is 2.55. The van der Waals surface area contributed by atoms with E-state index in [9.17, 15) is 4.79 Å². The standard InChI is InChI=1S/C14H20N2O2/c1-9-6-11(7-12(13(9)15)14(17)18)16-8-10-4-2-3-5-10/h6-7,10,16H,2-5,8,15H2,1H3,(H,17,18). The van der Waals surface area contributed by atoms with Gasteiger partial charge in [-0.1, -0.05) is 12.8 Å².